The van der Waals surface area contributed by atoms with E-state index in [4.69, 9.17) is 14.4 Å². The topological polar surface area (TPSA) is 60.7 Å². The van der Waals surface area contributed by atoms with E-state index in [-0.39, 0.29) is 5.88 Å². The zero-order valence-corrected chi connectivity index (χ0v) is 11.1. The number of ether oxygens (including phenoxy) is 1. The van der Waals surface area contributed by atoms with Gasteiger partial charge in [-0.3, -0.25) is 0 Å². The second-order valence-electron chi connectivity index (χ2n) is 5.08. The molecule has 1 N–H and O–H groups in total. The Labute approximate surface area is 112 Å². The van der Waals surface area contributed by atoms with E-state index in [1.807, 2.05) is 18.2 Å². The normalized spacial score (nSPS) is 11.4. The fraction of sp³-hybridized carbons (Fsp3) is 0.308. The molecule has 0 aliphatic heterocycles. The van der Waals surface area contributed by atoms with Crippen molar-refractivity contribution in [2.75, 3.05) is 0 Å². The van der Waals surface area contributed by atoms with Crippen LogP contribution in [0.1, 0.15) is 20.8 Å². The number of rotatable bonds is 2. The average molecular weight is 260 g/mol. The molecule has 0 amide bonds. The van der Waals surface area contributed by atoms with Crippen molar-refractivity contribution in [3.05, 3.63) is 30.3 Å². The van der Waals surface area contributed by atoms with E-state index < -0.39 is 11.7 Å². The van der Waals surface area contributed by atoms with Gasteiger partial charge in [0, 0.05) is 11.5 Å². The van der Waals surface area contributed by atoms with Crippen LogP contribution in [0.15, 0.2) is 30.3 Å². The molecule has 0 spiro atoms. The summed E-state index contributed by atoms with van der Waals surface area (Å²) in [5.41, 5.74) is 0.0523. The molecule has 0 saturated heterocycles. The number of para-hydroxylation sites is 1. The van der Waals surface area contributed by atoms with Gasteiger partial charge in [-0.25, -0.2) is 9.36 Å². The van der Waals surface area contributed by atoms with Crippen molar-refractivity contribution < 1.29 is 19.2 Å². The molecule has 1 heterocycles. The van der Waals surface area contributed by atoms with Crippen LogP contribution in [0.4, 0.5) is 4.79 Å². The Hall–Kier alpha value is -1.95. The largest absolute Gasteiger partial charge is 0.570 e. The molecule has 6 heteroatoms. The maximum absolute atomic E-state index is 12.2. The van der Waals surface area contributed by atoms with Gasteiger partial charge in [-0.2, -0.15) is 0 Å². The summed E-state index contributed by atoms with van der Waals surface area (Å²) in [5.74, 6) is 0.206. The Balaban J connectivity index is 2.50. The third kappa shape index (κ3) is 2.90. The molecule has 1 aromatic carbocycles. The van der Waals surface area contributed by atoms with Gasteiger partial charge in [-0.15, -0.1) is 0 Å². The minimum atomic E-state index is -0.608. The smallest absolute Gasteiger partial charge is 0.524 e. The Kier molecular flexibility index (Phi) is 3.53. The maximum atomic E-state index is 12.2. The van der Waals surface area contributed by atoms with Crippen molar-refractivity contribution in [1.29, 1.82) is 0 Å². The van der Waals surface area contributed by atoms with Gasteiger partial charge in [0.15, 0.2) is 5.88 Å². The lowest BCUT2D eigenvalue weighted by molar-refractivity contribution is 0.0537. The Morgan fingerprint density at radius 1 is 1.32 bits per heavy atom. The van der Waals surface area contributed by atoms with Crippen LogP contribution in [0.3, 0.4) is 0 Å². The van der Waals surface area contributed by atoms with Crippen LogP contribution >= 0.6 is 0 Å². The number of carbonyl (C=O) groups excluding carboxylic acids is 1. The summed E-state index contributed by atoms with van der Waals surface area (Å²) >= 11 is 0. The number of carbonyl (C=O) groups is 1. The monoisotopic (exact) mass is 260 g/mol. The molecule has 99 valence electrons. The number of hydrogen-bond acceptors (Lipinski definition) is 4. The van der Waals surface area contributed by atoms with E-state index in [1.54, 1.807) is 32.9 Å². The average Bonchev–Trinajstić information content (AvgIpc) is 2.65. The Morgan fingerprint density at radius 3 is 2.63 bits per heavy atom. The number of nitrogens with zero attached hydrogens (tertiary/aromatic N) is 1. The van der Waals surface area contributed by atoms with Gasteiger partial charge in [-0.1, -0.05) is 18.2 Å². The molecule has 0 aliphatic carbocycles. The van der Waals surface area contributed by atoms with Crippen LogP contribution in [0, 0.1) is 0 Å². The number of fused-ring (bicyclic) bond motifs is 1. The fourth-order valence-corrected chi connectivity index (χ4v) is 1.77. The van der Waals surface area contributed by atoms with Crippen LogP contribution in [0.2, 0.25) is 0 Å². The molecule has 0 bridgehead atoms. The van der Waals surface area contributed by atoms with Crippen molar-refractivity contribution in [2.45, 2.75) is 26.4 Å². The summed E-state index contributed by atoms with van der Waals surface area (Å²) in [6, 6.07) is 8.96. The summed E-state index contributed by atoms with van der Waals surface area (Å²) < 4.78 is 11.6. The predicted molar refractivity (Wildman–Crippen MR) is 72.2 cm³/mol. The zero-order chi connectivity index (χ0) is 14.0. The molecular weight excluding hydrogens is 245 g/mol. The van der Waals surface area contributed by atoms with Gasteiger partial charge in [0.2, 0.25) is 0 Å². The lowest BCUT2D eigenvalue weighted by atomic mass is 10.2. The quantitative estimate of drug-likeness (QED) is 0.842. The minimum absolute atomic E-state index is 0.206. The Morgan fingerprint density at radius 2 is 2.00 bits per heavy atom. The van der Waals surface area contributed by atoms with Gasteiger partial charge < -0.3 is 14.4 Å². The highest BCUT2D eigenvalue weighted by Crippen LogP contribution is 2.26. The first kappa shape index (κ1) is 13.5. The standard InChI is InChI=1S/C13H15BNO4/c1-13(2,3)18-12(16)15-10-7-5-4-6-9(10)8-11(15)19-14-17/h4-8,17H,1-3H3. The third-order valence-electron chi connectivity index (χ3n) is 2.43. The van der Waals surface area contributed by atoms with Gasteiger partial charge in [0.05, 0.1) is 5.52 Å². The van der Waals surface area contributed by atoms with E-state index >= 15 is 0 Å². The highest BCUT2D eigenvalue weighted by Gasteiger charge is 2.22. The van der Waals surface area contributed by atoms with Gasteiger partial charge in [0.25, 0.3) is 0 Å². The Bertz CT molecular complexity index is 600. The molecule has 1 aromatic heterocycles. The van der Waals surface area contributed by atoms with Gasteiger partial charge >= 0.3 is 13.8 Å². The second-order valence-corrected chi connectivity index (χ2v) is 5.08. The molecule has 2 rings (SSSR count). The van der Waals surface area contributed by atoms with Crippen LogP contribution in [-0.4, -0.2) is 29.0 Å². The third-order valence-corrected chi connectivity index (χ3v) is 2.43. The summed E-state index contributed by atoms with van der Waals surface area (Å²) in [7, 11) is 0.537. The number of benzene rings is 1. The van der Waals surface area contributed by atoms with E-state index in [0.29, 0.717) is 13.2 Å². The van der Waals surface area contributed by atoms with Crippen molar-refractivity contribution >= 4 is 24.7 Å². The van der Waals surface area contributed by atoms with E-state index in [2.05, 4.69) is 0 Å². The van der Waals surface area contributed by atoms with Crippen LogP contribution in [0.5, 0.6) is 5.88 Å². The SMILES string of the molecule is CC(C)(C)OC(=O)n1c(O[B]O)cc2ccccc21. The van der Waals surface area contributed by atoms with E-state index in [0.717, 1.165) is 5.39 Å². The first-order valence-electron chi connectivity index (χ1n) is 5.89. The zero-order valence-electron chi connectivity index (χ0n) is 11.1. The van der Waals surface area contributed by atoms with Gasteiger partial charge in [-0.05, 0) is 26.8 Å². The fourth-order valence-electron chi connectivity index (χ4n) is 1.77. The number of hydrogen-bond donors (Lipinski definition) is 1. The molecule has 5 nitrogen and oxygen atoms in total. The van der Waals surface area contributed by atoms with Crippen molar-refractivity contribution in [3.8, 4) is 5.88 Å². The van der Waals surface area contributed by atoms with Crippen LogP contribution in [0.25, 0.3) is 10.9 Å². The molecule has 0 fully saturated rings. The summed E-state index contributed by atoms with van der Waals surface area (Å²) in [4.78, 5) is 12.2. The molecule has 0 atom stereocenters. The van der Waals surface area contributed by atoms with Crippen LogP contribution < -0.4 is 4.65 Å². The van der Waals surface area contributed by atoms with Crippen molar-refractivity contribution in [2.24, 2.45) is 0 Å². The lowest BCUT2D eigenvalue weighted by Crippen LogP contribution is -2.27. The van der Waals surface area contributed by atoms with E-state index in [1.165, 1.54) is 4.57 Å². The molecule has 1 radical (unpaired) electrons. The first-order valence-corrected chi connectivity index (χ1v) is 5.89. The highest BCUT2D eigenvalue weighted by atomic mass is 16.6. The molecule has 0 saturated carbocycles. The van der Waals surface area contributed by atoms with Gasteiger partial charge in [0.1, 0.15) is 5.60 Å². The summed E-state index contributed by atoms with van der Waals surface area (Å²) in [6.45, 7) is 5.36. The first-order chi connectivity index (χ1) is 8.92. The maximum Gasteiger partial charge on any atom is 0.570 e. The van der Waals surface area contributed by atoms with Crippen molar-refractivity contribution in [3.63, 3.8) is 0 Å². The highest BCUT2D eigenvalue weighted by molar-refractivity contribution is 6.17. The second kappa shape index (κ2) is 4.97. The molecule has 0 unspecified atom stereocenters. The predicted octanol–water partition coefficient (Wildman–Crippen LogP) is 2.33. The summed E-state index contributed by atoms with van der Waals surface area (Å²) in [6.07, 6.45) is -0.550. The lowest BCUT2D eigenvalue weighted by Gasteiger charge is -2.20. The van der Waals surface area contributed by atoms with Crippen molar-refractivity contribution in [1.82, 2.24) is 4.57 Å². The molecule has 2 aromatic rings. The van der Waals surface area contributed by atoms with E-state index in [9.17, 15) is 4.79 Å². The molecular formula is C13H15BNO4. The number of aromatic nitrogens is 1. The van der Waals surface area contributed by atoms with Crippen LogP contribution in [-0.2, 0) is 4.74 Å². The minimum Gasteiger partial charge on any atom is -0.524 e. The summed E-state index contributed by atoms with van der Waals surface area (Å²) in [5, 5.41) is 9.60. The molecule has 19 heavy (non-hydrogen) atoms. The molecule has 0 aliphatic rings.